The molecule has 13 heavy (non-hydrogen) atoms. The van der Waals surface area contributed by atoms with Gasteiger partial charge in [-0.05, 0) is 24.6 Å². The first-order chi connectivity index (χ1) is 6.10. The van der Waals surface area contributed by atoms with Gasteiger partial charge in [0.2, 0.25) is 5.91 Å². The average molecular weight is 196 g/mol. The zero-order valence-corrected chi connectivity index (χ0v) is 8.06. The maximum atomic E-state index is 10.8. The molecule has 1 amide bonds. The molecule has 0 radical (unpaired) electrons. The van der Waals surface area contributed by atoms with Crippen molar-refractivity contribution in [3.63, 3.8) is 0 Å². The van der Waals surface area contributed by atoms with Crippen LogP contribution in [0.2, 0.25) is 5.02 Å². The largest absolute Gasteiger partial charge is 0.346 e. The van der Waals surface area contributed by atoms with Gasteiger partial charge in [0.25, 0.3) is 0 Å². The van der Waals surface area contributed by atoms with E-state index in [-0.39, 0.29) is 11.4 Å². The Bertz CT molecular complexity index is 354. The lowest BCUT2D eigenvalue weighted by Crippen LogP contribution is -2.56. The van der Waals surface area contributed by atoms with E-state index in [0.29, 0.717) is 11.4 Å². The molecule has 1 saturated heterocycles. The SMILES string of the molecule is CC1(c2cccc(Cl)c2)CC(=O)N1. The number of carbonyl (C=O) groups is 1. The average Bonchev–Trinajstić information content (AvgIpc) is 2.02. The van der Waals surface area contributed by atoms with Crippen LogP contribution in [0, 0.1) is 0 Å². The van der Waals surface area contributed by atoms with Crippen molar-refractivity contribution in [1.82, 2.24) is 5.32 Å². The lowest BCUT2D eigenvalue weighted by Gasteiger charge is -2.39. The van der Waals surface area contributed by atoms with Crippen LogP contribution < -0.4 is 5.32 Å². The third-order valence-electron chi connectivity index (χ3n) is 2.39. The number of nitrogens with one attached hydrogen (secondary N) is 1. The van der Waals surface area contributed by atoms with E-state index in [0.717, 1.165) is 5.56 Å². The van der Waals surface area contributed by atoms with Gasteiger partial charge in [0, 0.05) is 5.02 Å². The molecular formula is C10H10ClNO. The Morgan fingerprint density at radius 1 is 1.54 bits per heavy atom. The number of rotatable bonds is 1. The Morgan fingerprint density at radius 2 is 2.23 bits per heavy atom. The molecule has 0 aromatic heterocycles. The van der Waals surface area contributed by atoms with Gasteiger partial charge in [-0.25, -0.2) is 0 Å². The molecule has 1 aliphatic heterocycles. The maximum Gasteiger partial charge on any atom is 0.223 e. The van der Waals surface area contributed by atoms with Crippen molar-refractivity contribution in [3.8, 4) is 0 Å². The molecule has 1 N–H and O–H groups in total. The highest BCUT2D eigenvalue weighted by Gasteiger charge is 2.39. The number of hydrogen-bond acceptors (Lipinski definition) is 1. The molecule has 2 rings (SSSR count). The van der Waals surface area contributed by atoms with Gasteiger partial charge in [0.05, 0.1) is 12.0 Å². The van der Waals surface area contributed by atoms with Crippen LogP contribution >= 0.6 is 11.6 Å². The van der Waals surface area contributed by atoms with Crippen LogP contribution in [-0.4, -0.2) is 5.91 Å². The van der Waals surface area contributed by atoms with Gasteiger partial charge in [-0.1, -0.05) is 23.7 Å². The van der Waals surface area contributed by atoms with E-state index in [2.05, 4.69) is 5.32 Å². The molecule has 2 nitrogen and oxygen atoms in total. The van der Waals surface area contributed by atoms with Crippen LogP contribution in [0.25, 0.3) is 0 Å². The molecule has 0 aliphatic carbocycles. The first kappa shape index (κ1) is 8.57. The second-order valence-electron chi connectivity index (χ2n) is 3.57. The summed E-state index contributed by atoms with van der Waals surface area (Å²) in [4.78, 5) is 10.8. The van der Waals surface area contributed by atoms with Crippen LogP contribution in [0.4, 0.5) is 0 Å². The van der Waals surface area contributed by atoms with Gasteiger partial charge < -0.3 is 5.32 Å². The molecule has 1 heterocycles. The summed E-state index contributed by atoms with van der Waals surface area (Å²) in [6.45, 7) is 2.00. The highest BCUT2D eigenvalue weighted by atomic mass is 35.5. The first-order valence-corrected chi connectivity index (χ1v) is 4.55. The highest BCUT2D eigenvalue weighted by molar-refractivity contribution is 6.30. The van der Waals surface area contributed by atoms with E-state index in [1.807, 2.05) is 31.2 Å². The predicted octanol–water partition coefficient (Wildman–Crippen LogP) is 2.08. The number of β-lactam (4-membered cyclic amide) rings is 1. The Labute approximate surface area is 81.9 Å². The number of carbonyl (C=O) groups excluding carboxylic acids is 1. The van der Waals surface area contributed by atoms with Crippen LogP contribution in [0.1, 0.15) is 18.9 Å². The molecule has 3 heteroatoms. The summed E-state index contributed by atoms with van der Waals surface area (Å²) in [5, 5.41) is 3.57. The summed E-state index contributed by atoms with van der Waals surface area (Å²) in [6, 6.07) is 7.59. The molecule has 1 aliphatic rings. The van der Waals surface area contributed by atoms with Crippen molar-refractivity contribution >= 4 is 17.5 Å². The van der Waals surface area contributed by atoms with Crippen LogP contribution in [0.15, 0.2) is 24.3 Å². The molecule has 68 valence electrons. The molecular weight excluding hydrogens is 186 g/mol. The monoisotopic (exact) mass is 195 g/mol. The second-order valence-corrected chi connectivity index (χ2v) is 4.00. The van der Waals surface area contributed by atoms with Crippen molar-refractivity contribution in [2.45, 2.75) is 18.9 Å². The molecule has 1 unspecified atom stereocenters. The third kappa shape index (κ3) is 1.42. The van der Waals surface area contributed by atoms with E-state index in [1.54, 1.807) is 0 Å². The minimum Gasteiger partial charge on any atom is -0.346 e. The fourth-order valence-corrected chi connectivity index (χ4v) is 1.81. The summed E-state index contributed by atoms with van der Waals surface area (Å²) < 4.78 is 0. The van der Waals surface area contributed by atoms with Gasteiger partial charge in [-0.2, -0.15) is 0 Å². The smallest absolute Gasteiger partial charge is 0.223 e. The first-order valence-electron chi connectivity index (χ1n) is 4.17. The summed E-state index contributed by atoms with van der Waals surface area (Å²) in [5.41, 5.74) is 0.863. The molecule has 1 fully saturated rings. The maximum absolute atomic E-state index is 10.8. The van der Waals surface area contributed by atoms with Gasteiger partial charge in [0.15, 0.2) is 0 Å². The quantitative estimate of drug-likeness (QED) is 0.683. The van der Waals surface area contributed by atoms with Crippen molar-refractivity contribution in [3.05, 3.63) is 34.9 Å². The van der Waals surface area contributed by atoms with Crippen LogP contribution in [-0.2, 0) is 10.3 Å². The van der Waals surface area contributed by atoms with Gasteiger partial charge in [-0.15, -0.1) is 0 Å². The topological polar surface area (TPSA) is 29.1 Å². The fourth-order valence-electron chi connectivity index (χ4n) is 1.62. The lowest BCUT2D eigenvalue weighted by molar-refractivity contribution is -0.132. The van der Waals surface area contributed by atoms with E-state index in [9.17, 15) is 4.79 Å². The number of hydrogen-bond donors (Lipinski definition) is 1. The Hall–Kier alpha value is -1.02. The Kier molecular flexibility index (Phi) is 1.81. The minimum atomic E-state index is -0.206. The summed E-state index contributed by atoms with van der Waals surface area (Å²) in [6.07, 6.45) is 0.549. The van der Waals surface area contributed by atoms with E-state index in [1.165, 1.54) is 0 Å². The number of amides is 1. The standard InChI is InChI=1S/C10H10ClNO/c1-10(6-9(13)12-10)7-3-2-4-8(11)5-7/h2-5H,6H2,1H3,(H,12,13). The van der Waals surface area contributed by atoms with Gasteiger partial charge >= 0.3 is 0 Å². The van der Waals surface area contributed by atoms with E-state index >= 15 is 0 Å². The highest BCUT2D eigenvalue weighted by Crippen LogP contribution is 2.32. The number of halogens is 1. The Morgan fingerprint density at radius 3 is 2.77 bits per heavy atom. The van der Waals surface area contributed by atoms with E-state index < -0.39 is 0 Å². The van der Waals surface area contributed by atoms with E-state index in [4.69, 9.17) is 11.6 Å². The molecule has 0 saturated carbocycles. The molecule has 0 bridgehead atoms. The zero-order valence-electron chi connectivity index (χ0n) is 7.30. The minimum absolute atomic E-state index is 0.0995. The lowest BCUT2D eigenvalue weighted by atomic mass is 9.82. The molecule has 1 aromatic rings. The fraction of sp³-hybridized carbons (Fsp3) is 0.300. The second kappa shape index (κ2) is 2.74. The molecule has 0 spiro atoms. The van der Waals surface area contributed by atoms with Crippen molar-refractivity contribution in [2.24, 2.45) is 0 Å². The summed E-state index contributed by atoms with van der Waals surface area (Å²) in [7, 11) is 0. The predicted molar refractivity (Wildman–Crippen MR) is 51.6 cm³/mol. The summed E-state index contributed by atoms with van der Waals surface area (Å²) in [5.74, 6) is 0.0995. The van der Waals surface area contributed by atoms with Crippen molar-refractivity contribution in [1.29, 1.82) is 0 Å². The van der Waals surface area contributed by atoms with Crippen molar-refractivity contribution < 1.29 is 4.79 Å². The molecule has 1 atom stereocenters. The zero-order chi connectivity index (χ0) is 9.47. The third-order valence-corrected chi connectivity index (χ3v) is 2.63. The van der Waals surface area contributed by atoms with Gasteiger partial charge in [-0.3, -0.25) is 4.79 Å². The summed E-state index contributed by atoms with van der Waals surface area (Å²) >= 11 is 5.86. The van der Waals surface area contributed by atoms with Crippen LogP contribution in [0.3, 0.4) is 0 Å². The number of benzene rings is 1. The van der Waals surface area contributed by atoms with Gasteiger partial charge in [0.1, 0.15) is 0 Å². The Balaban J connectivity index is 2.31. The van der Waals surface area contributed by atoms with Crippen molar-refractivity contribution in [2.75, 3.05) is 0 Å². The molecule has 1 aromatic carbocycles. The van der Waals surface area contributed by atoms with Crippen LogP contribution in [0.5, 0.6) is 0 Å². The normalized spacial score (nSPS) is 26.5.